The van der Waals surface area contributed by atoms with Crippen molar-refractivity contribution in [1.82, 2.24) is 5.16 Å². The third-order valence-corrected chi connectivity index (χ3v) is 2.72. The minimum atomic E-state index is -1.37. The molecule has 0 aliphatic carbocycles. The first kappa shape index (κ1) is 13.7. The summed E-state index contributed by atoms with van der Waals surface area (Å²) in [4.78, 5) is 22.7. The van der Waals surface area contributed by atoms with Gasteiger partial charge in [-0.3, -0.25) is 4.79 Å². The van der Waals surface area contributed by atoms with Crippen LogP contribution in [0.15, 0.2) is 22.7 Å². The average molecular weight is 278 g/mol. The first-order valence-corrected chi connectivity index (χ1v) is 5.67. The van der Waals surface area contributed by atoms with Gasteiger partial charge in [-0.25, -0.2) is 9.18 Å². The molecule has 0 saturated heterocycles. The van der Waals surface area contributed by atoms with Gasteiger partial charge in [0.05, 0.1) is 11.3 Å². The van der Waals surface area contributed by atoms with Crippen LogP contribution in [0.1, 0.15) is 32.2 Å². The number of anilines is 1. The van der Waals surface area contributed by atoms with Crippen molar-refractivity contribution in [2.24, 2.45) is 0 Å². The number of hydrogen-bond acceptors (Lipinski definition) is 4. The lowest BCUT2D eigenvalue weighted by atomic mass is 10.1. The summed E-state index contributed by atoms with van der Waals surface area (Å²) in [5, 5.41) is 14.8. The number of halogens is 1. The third kappa shape index (κ3) is 2.51. The maximum atomic E-state index is 13.5. The molecular formula is C13H11FN2O4. The molecule has 0 aliphatic heterocycles. The van der Waals surface area contributed by atoms with Crippen molar-refractivity contribution in [2.75, 3.05) is 5.32 Å². The minimum Gasteiger partial charge on any atom is -0.478 e. The summed E-state index contributed by atoms with van der Waals surface area (Å²) in [6, 6.07) is 3.34. The predicted molar refractivity (Wildman–Crippen MR) is 67.3 cm³/mol. The van der Waals surface area contributed by atoms with Crippen LogP contribution in [0.3, 0.4) is 0 Å². The number of rotatable bonds is 3. The maximum Gasteiger partial charge on any atom is 0.338 e. The van der Waals surface area contributed by atoms with Crippen molar-refractivity contribution in [3.05, 3.63) is 46.6 Å². The van der Waals surface area contributed by atoms with Crippen LogP contribution < -0.4 is 5.32 Å². The van der Waals surface area contributed by atoms with E-state index in [1.165, 1.54) is 6.07 Å². The van der Waals surface area contributed by atoms with Gasteiger partial charge in [-0.15, -0.1) is 0 Å². The van der Waals surface area contributed by atoms with E-state index in [0.29, 0.717) is 11.5 Å². The summed E-state index contributed by atoms with van der Waals surface area (Å²) in [6.07, 6.45) is 0. The van der Waals surface area contributed by atoms with E-state index in [1.807, 2.05) is 0 Å². The van der Waals surface area contributed by atoms with Gasteiger partial charge in [0.15, 0.2) is 0 Å². The highest BCUT2D eigenvalue weighted by molar-refractivity contribution is 6.05. The Balaban J connectivity index is 2.25. The monoisotopic (exact) mass is 278 g/mol. The lowest BCUT2D eigenvalue weighted by molar-refractivity contribution is 0.0692. The third-order valence-electron chi connectivity index (χ3n) is 2.72. The van der Waals surface area contributed by atoms with Crippen molar-refractivity contribution in [3.8, 4) is 0 Å². The normalized spacial score (nSPS) is 10.3. The van der Waals surface area contributed by atoms with Gasteiger partial charge in [0, 0.05) is 5.69 Å². The number of nitrogens with one attached hydrogen (secondary N) is 1. The second-order valence-electron chi connectivity index (χ2n) is 4.15. The highest BCUT2D eigenvalue weighted by Crippen LogP contribution is 2.18. The minimum absolute atomic E-state index is 0.150. The number of nitrogens with zero attached hydrogens (tertiary/aromatic N) is 1. The summed E-state index contributed by atoms with van der Waals surface area (Å²) in [7, 11) is 0. The quantitative estimate of drug-likeness (QED) is 0.899. The van der Waals surface area contributed by atoms with E-state index in [0.717, 1.165) is 12.1 Å². The summed E-state index contributed by atoms with van der Waals surface area (Å²) in [5.41, 5.74) is 0.383. The van der Waals surface area contributed by atoms with Gasteiger partial charge in [0.2, 0.25) is 0 Å². The molecule has 0 bridgehead atoms. The van der Waals surface area contributed by atoms with E-state index in [9.17, 15) is 14.0 Å². The zero-order chi connectivity index (χ0) is 14.9. The van der Waals surface area contributed by atoms with Crippen molar-refractivity contribution in [1.29, 1.82) is 0 Å². The molecule has 7 heteroatoms. The lowest BCUT2D eigenvalue weighted by Gasteiger charge is -2.06. The number of carbonyl (C=O) groups is 2. The van der Waals surface area contributed by atoms with Crippen LogP contribution in [0, 0.1) is 19.7 Å². The molecule has 0 atom stereocenters. The molecule has 1 aromatic carbocycles. The maximum absolute atomic E-state index is 13.5. The topological polar surface area (TPSA) is 92.4 Å². The number of aromatic nitrogens is 1. The number of benzene rings is 1. The molecule has 0 saturated carbocycles. The fourth-order valence-electron chi connectivity index (χ4n) is 1.77. The van der Waals surface area contributed by atoms with Crippen LogP contribution in [0.4, 0.5) is 10.1 Å². The van der Waals surface area contributed by atoms with Gasteiger partial charge in [-0.05, 0) is 32.0 Å². The highest BCUT2D eigenvalue weighted by Gasteiger charge is 2.18. The molecule has 20 heavy (non-hydrogen) atoms. The smallest absolute Gasteiger partial charge is 0.338 e. The molecule has 2 rings (SSSR count). The van der Waals surface area contributed by atoms with Gasteiger partial charge in [-0.2, -0.15) is 0 Å². The molecule has 1 amide bonds. The van der Waals surface area contributed by atoms with E-state index < -0.39 is 23.3 Å². The van der Waals surface area contributed by atoms with E-state index in [-0.39, 0.29) is 11.3 Å². The van der Waals surface area contributed by atoms with Crippen molar-refractivity contribution in [3.63, 3.8) is 0 Å². The molecule has 0 radical (unpaired) electrons. The molecule has 2 N–H and O–H groups in total. The lowest BCUT2D eigenvalue weighted by Crippen LogP contribution is -2.14. The number of aromatic carboxylic acids is 1. The summed E-state index contributed by atoms with van der Waals surface area (Å²) in [6.45, 7) is 3.20. The SMILES string of the molecule is Cc1noc(C)c1C(=O)Nc1ccc(C(=O)O)c(F)c1. The summed E-state index contributed by atoms with van der Waals surface area (Å²) < 4.78 is 18.4. The van der Waals surface area contributed by atoms with E-state index in [1.54, 1.807) is 13.8 Å². The molecule has 0 fully saturated rings. The molecule has 1 heterocycles. The number of carboxylic acids is 1. The number of carboxylic acid groups (broad SMARTS) is 1. The molecule has 6 nitrogen and oxygen atoms in total. The van der Waals surface area contributed by atoms with Crippen LogP contribution in [0.25, 0.3) is 0 Å². The van der Waals surface area contributed by atoms with E-state index in [2.05, 4.69) is 10.5 Å². The Morgan fingerprint density at radius 2 is 2.05 bits per heavy atom. The van der Waals surface area contributed by atoms with Crippen molar-refractivity contribution >= 4 is 17.6 Å². The molecule has 2 aromatic rings. The van der Waals surface area contributed by atoms with Crippen LogP contribution in [-0.4, -0.2) is 22.1 Å². The number of carbonyl (C=O) groups excluding carboxylic acids is 1. The average Bonchev–Trinajstić information content (AvgIpc) is 2.68. The second-order valence-corrected chi connectivity index (χ2v) is 4.15. The molecule has 104 valence electrons. The fraction of sp³-hybridized carbons (Fsp3) is 0.154. The van der Waals surface area contributed by atoms with Gasteiger partial charge in [0.1, 0.15) is 17.1 Å². The standard InChI is InChI=1S/C13H11FN2O4/c1-6-11(7(2)20-16-6)12(17)15-8-3-4-9(13(18)19)10(14)5-8/h3-5H,1-2H3,(H,15,17)(H,18,19). The zero-order valence-electron chi connectivity index (χ0n) is 10.7. The van der Waals surface area contributed by atoms with Gasteiger partial charge >= 0.3 is 5.97 Å². The van der Waals surface area contributed by atoms with Crippen LogP contribution in [0.5, 0.6) is 0 Å². The summed E-state index contributed by atoms with van der Waals surface area (Å²) in [5.74, 6) is -2.44. The Morgan fingerprint density at radius 3 is 2.55 bits per heavy atom. The second kappa shape index (κ2) is 5.12. The molecule has 0 spiro atoms. The Labute approximate surface area is 113 Å². The van der Waals surface area contributed by atoms with Gasteiger partial charge < -0.3 is 14.9 Å². The molecular weight excluding hydrogens is 267 g/mol. The van der Waals surface area contributed by atoms with Crippen LogP contribution in [-0.2, 0) is 0 Å². The first-order valence-electron chi connectivity index (χ1n) is 5.67. The Bertz CT molecular complexity index is 674. The first-order chi connectivity index (χ1) is 9.40. The predicted octanol–water partition coefficient (Wildman–Crippen LogP) is 2.38. The number of amides is 1. The Kier molecular flexibility index (Phi) is 3.51. The number of hydrogen-bond donors (Lipinski definition) is 2. The Morgan fingerprint density at radius 1 is 1.35 bits per heavy atom. The van der Waals surface area contributed by atoms with Crippen molar-refractivity contribution < 1.29 is 23.6 Å². The van der Waals surface area contributed by atoms with Crippen LogP contribution >= 0.6 is 0 Å². The van der Waals surface area contributed by atoms with Crippen molar-refractivity contribution in [2.45, 2.75) is 13.8 Å². The van der Waals surface area contributed by atoms with Gasteiger partial charge in [0.25, 0.3) is 5.91 Å². The van der Waals surface area contributed by atoms with Gasteiger partial charge in [-0.1, -0.05) is 5.16 Å². The molecule has 0 unspecified atom stereocenters. The van der Waals surface area contributed by atoms with E-state index in [4.69, 9.17) is 9.63 Å². The Hall–Kier alpha value is -2.70. The molecule has 0 aliphatic rings. The molecule has 1 aromatic heterocycles. The zero-order valence-corrected chi connectivity index (χ0v) is 10.7. The summed E-state index contributed by atoms with van der Waals surface area (Å²) >= 11 is 0. The number of aryl methyl sites for hydroxylation is 2. The van der Waals surface area contributed by atoms with Crippen LogP contribution in [0.2, 0.25) is 0 Å². The largest absolute Gasteiger partial charge is 0.478 e. The van der Waals surface area contributed by atoms with E-state index >= 15 is 0 Å². The highest BCUT2D eigenvalue weighted by atomic mass is 19.1. The fourth-order valence-corrected chi connectivity index (χ4v) is 1.77.